The quantitative estimate of drug-likeness (QED) is 0.776. The van der Waals surface area contributed by atoms with Crippen LogP contribution in [0.3, 0.4) is 0 Å². The first-order valence-electron chi connectivity index (χ1n) is 6.77. The third kappa shape index (κ3) is 2.90. The molecule has 1 N–H and O–H groups in total. The molecule has 0 spiro atoms. The van der Waals surface area contributed by atoms with Crippen LogP contribution in [-0.4, -0.2) is 11.2 Å². The van der Waals surface area contributed by atoms with Crippen molar-refractivity contribution in [1.82, 2.24) is 0 Å². The first kappa shape index (κ1) is 12.6. The Kier molecular flexibility index (Phi) is 3.58. The molecular weight excluding hydrogens is 208 g/mol. The lowest BCUT2D eigenvalue weighted by Crippen LogP contribution is -2.22. The Morgan fingerprint density at radius 3 is 2.12 bits per heavy atom. The van der Waals surface area contributed by atoms with Gasteiger partial charge in [0.05, 0.1) is 6.10 Å². The number of rotatable bonds is 1. The Morgan fingerprint density at radius 2 is 1.59 bits per heavy atom. The fraction of sp³-hybridized carbons (Fsp3) is 0.625. The zero-order valence-corrected chi connectivity index (χ0v) is 11.2. The Hall–Kier alpha value is -0.820. The van der Waals surface area contributed by atoms with Crippen LogP contribution in [0.15, 0.2) is 24.3 Å². The first-order valence-corrected chi connectivity index (χ1v) is 6.77. The molecule has 1 aromatic carbocycles. The number of aliphatic hydroxyl groups is 1. The van der Waals surface area contributed by atoms with Crippen LogP contribution in [0, 0.1) is 0 Å². The second kappa shape index (κ2) is 4.81. The Morgan fingerprint density at radius 1 is 1.00 bits per heavy atom. The van der Waals surface area contributed by atoms with Crippen LogP contribution in [0.25, 0.3) is 0 Å². The molecule has 2 rings (SSSR count). The molecule has 0 bridgehead atoms. The van der Waals surface area contributed by atoms with Gasteiger partial charge in [-0.05, 0) is 29.4 Å². The van der Waals surface area contributed by atoms with Crippen LogP contribution in [0.1, 0.15) is 63.5 Å². The van der Waals surface area contributed by atoms with Crippen LogP contribution in [0.2, 0.25) is 0 Å². The van der Waals surface area contributed by atoms with Crippen molar-refractivity contribution >= 4 is 0 Å². The van der Waals surface area contributed by atoms with Crippen molar-refractivity contribution in [2.45, 2.75) is 63.9 Å². The predicted molar refractivity (Wildman–Crippen MR) is 72.4 cm³/mol. The minimum Gasteiger partial charge on any atom is -0.392 e. The van der Waals surface area contributed by atoms with E-state index in [2.05, 4.69) is 45.0 Å². The van der Waals surface area contributed by atoms with Gasteiger partial charge in [-0.1, -0.05) is 57.9 Å². The summed E-state index contributed by atoms with van der Waals surface area (Å²) in [5.74, 6) is 0.359. The van der Waals surface area contributed by atoms with Crippen molar-refractivity contribution in [2.24, 2.45) is 0 Å². The third-order valence-electron chi connectivity index (χ3n) is 3.93. The average molecular weight is 232 g/mol. The van der Waals surface area contributed by atoms with E-state index in [4.69, 9.17) is 0 Å². The maximum atomic E-state index is 10.1. The highest BCUT2D eigenvalue weighted by Gasteiger charge is 2.24. The Labute approximate surface area is 105 Å². The lowest BCUT2D eigenvalue weighted by molar-refractivity contribution is 0.106. The van der Waals surface area contributed by atoms with Gasteiger partial charge in [-0.15, -0.1) is 0 Å². The van der Waals surface area contributed by atoms with Crippen molar-refractivity contribution in [3.05, 3.63) is 35.4 Å². The first-order chi connectivity index (χ1) is 7.98. The van der Waals surface area contributed by atoms with Crippen molar-refractivity contribution in [1.29, 1.82) is 0 Å². The third-order valence-corrected chi connectivity index (χ3v) is 3.93. The van der Waals surface area contributed by atoms with Gasteiger partial charge >= 0.3 is 0 Å². The van der Waals surface area contributed by atoms with Crippen LogP contribution in [0.4, 0.5) is 0 Å². The van der Waals surface area contributed by atoms with Gasteiger partial charge in [-0.25, -0.2) is 0 Å². The molecule has 0 amide bonds. The topological polar surface area (TPSA) is 20.2 Å². The molecule has 0 aromatic heterocycles. The van der Waals surface area contributed by atoms with Crippen molar-refractivity contribution in [2.75, 3.05) is 0 Å². The second-order valence-corrected chi connectivity index (χ2v) is 6.33. The number of hydrogen-bond acceptors (Lipinski definition) is 1. The molecule has 1 saturated carbocycles. The van der Waals surface area contributed by atoms with E-state index in [1.807, 2.05) is 0 Å². The van der Waals surface area contributed by atoms with Gasteiger partial charge in [0.15, 0.2) is 0 Å². The maximum absolute atomic E-state index is 10.1. The molecule has 0 radical (unpaired) electrons. The standard InChI is InChI=1S/C16H24O/c1-16(2,3)13-10-8-12(9-11-13)14-6-4-5-7-15(14)17/h8-11,14-15,17H,4-7H2,1-3H3. The fourth-order valence-electron chi connectivity index (χ4n) is 2.73. The number of aliphatic hydroxyl groups excluding tert-OH is 1. The zero-order valence-electron chi connectivity index (χ0n) is 11.2. The summed E-state index contributed by atoms with van der Waals surface area (Å²) in [5, 5.41) is 10.1. The van der Waals surface area contributed by atoms with E-state index in [0.29, 0.717) is 5.92 Å². The Balaban J connectivity index is 2.17. The van der Waals surface area contributed by atoms with Crippen molar-refractivity contribution < 1.29 is 5.11 Å². The van der Waals surface area contributed by atoms with Gasteiger partial charge in [0.1, 0.15) is 0 Å². The molecule has 1 aliphatic rings. The number of benzene rings is 1. The maximum Gasteiger partial charge on any atom is 0.0608 e. The molecule has 2 atom stereocenters. The van der Waals surface area contributed by atoms with E-state index in [1.54, 1.807) is 0 Å². The summed E-state index contributed by atoms with van der Waals surface area (Å²) in [5.41, 5.74) is 2.89. The van der Waals surface area contributed by atoms with E-state index in [9.17, 15) is 5.11 Å². The molecule has 2 unspecified atom stereocenters. The minimum absolute atomic E-state index is 0.135. The summed E-state index contributed by atoms with van der Waals surface area (Å²) in [6.07, 6.45) is 4.40. The van der Waals surface area contributed by atoms with E-state index >= 15 is 0 Å². The highest BCUT2D eigenvalue weighted by Crippen LogP contribution is 2.34. The van der Waals surface area contributed by atoms with Crippen molar-refractivity contribution in [3.63, 3.8) is 0 Å². The number of hydrogen-bond donors (Lipinski definition) is 1. The lowest BCUT2D eigenvalue weighted by atomic mass is 9.80. The average Bonchev–Trinajstić information content (AvgIpc) is 2.29. The van der Waals surface area contributed by atoms with E-state index in [1.165, 1.54) is 24.0 Å². The largest absolute Gasteiger partial charge is 0.392 e. The summed E-state index contributed by atoms with van der Waals surface area (Å²) < 4.78 is 0. The summed E-state index contributed by atoms with van der Waals surface area (Å²) >= 11 is 0. The van der Waals surface area contributed by atoms with Crippen LogP contribution >= 0.6 is 0 Å². The van der Waals surface area contributed by atoms with Crippen molar-refractivity contribution in [3.8, 4) is 0 Å². The zero-order chi connectivity index (χ0) is 12.5. The molecule has 1 fully saturated rings. The van der Waals surface area contributed by atoms with E-state index in [0.717, 1.165) is 12.8 Å². The lowest BCUT2D eigenvalue weighted by Gasteiger charge is -2.28. The normalized spacial score (nSPS) is 25.9. The Bertz CT molecular complexity index is 358. The second-order valence-electron chi connectivity index (χ2n) is 6.33. The van der Waals surface area contributed by atoms with Gasteiger partial charge < -0.3 is 5.11 Å². The van der Waals surface area contributed by atoms with Gasteiger partial charge in [0.25, 0.3) is 0 Å². The molecule has 0 heterocycles. The monoisotopic (exact) mass is 232 g/mol. The van der Waals surface area contributed by atoms with Crippen LogP contribution in [-0.2, 0) is 5.41 Å². The molecule has 1 aliphatic carbocycles. The SMILES string of the molecule is CC(C)(C)c1ccc(C2CCCCC2O)cc1. The summed E-state index contributed by atoms with van der Waals surface area (Å²) in [6.45, 7) is 6.70. The molecule has 17 heavy (non-hydrogen) atoms. The highest BCUT2D eigenvalue weighted by atomic mass is 16.3. The van der Waals surface area contributed by atoms with Gasteiger partial charge in [-0.2, -0.15) is 0 Å². The smallest absolute Gasteiger partial charge is 0.0608 e. The van der Waals surface area contributed by atoms with Gasteiger partial charge in [0.2, 0.25) is 0 Å². The molecule has 0 aliphatic heterocycles. The summed E-state index contributed by atoms with van der Waals surface area (Å²) in [7, 11) is 0. The van der Waals surface area contributed by atoms with Gasteiger partial charge in [-0.3, -0.25) is 0 Å². The molecule has 94 valence electrons. The fourth-order valence-corrected chi connectivity index (χ4v) is 2.73. The molecule has 1 heteroatoms. The van der Waals surface area contributed by atoms with Crippen LogP contribution < -0.4 is 0 Å². The molecule has 0 saturated heterocycles. The van der Waals surface area contributed by atoms with Crippen LogP contribution in [0.5, 0.6) is 0 Å². The summed E-state index contributed by atoms with van der Waals surface area (Å²) in [6, 6.07) is 8.85. The summed E-state index contributed by atoms with van der Waals surface area (Å²) in [4.78, 5) is 0. The minimum atomic E-state index is -0.135. The van der Waals surface area contributed by atoms with E-state index < -0.39 is 0 Å². The molecular formula is C16H24O. The molecule has 1 nitrogen and oxygen atoms in total. The van der Waals surface area contributed by atoms with E-state index in [-0.39, 0.29) is 11.5 Å². The van der Waals surface area contributed by atoms with Gasteiger partial charge in [0, 0.05) is 5.92 Å². The molecule has 1 aromatic rings. The predicted octanol–water partition coefficient (Wildman–Crippen LogP) is 4.00. The highest BCUT2D eigenvalue weighted by molar-refractivity contribution is 5.30.